The highest BCUT2D eigenvalue weighted by Crippen LogP contribution is 2.16. The molecule has 0 aliphatic rings. The summed E-state index contributed by atoms with van der Waals surface area (Å²) in [6, 6.07) is 14.9. The molecule has 29 heavy (non-hydrogen) atoms. The first-order valence-corrected chi connectivity index (χ1v) is 8.99. The number of carbonyl (C=O) groups is 2. The Morgan fingerprint density at radius 1 is 0.966 bits per heavy atom. The van der Waals surface area contributed by atoms with Gasteiger partial charge in [0.25, 0.3) is 5.91 Å². The van der Waals surface area contributed by atoms with Crippen LogP contribution in [-0.2, 0) is 11.2 Å². The van der Waals surface area contributed by atoms with Gasteiger partial charge in [-0.3, -0.25) is 9.59 Å². The van der Waals surface area contributed by atoms with Crippen molar-refractivity contribution in [2.75, 3.05) is 22.5 Å². The molecule has 1 heterocycles. The first-order chi connectivity index (χ1) is 14.0. The number of aromatic nitrogens is 2. The van der Waals surface area contributed by atoms with Crippen molar-refractivity contribution in [1.82, 2.24) is 9.97 Å². The Morgan fingerprint density at radius 3 is 2.48 bits per heavy atom. The van der Waals surface area contributed by atoms with E-state index in [1.165, 1.54) is 25.4 Å². The van der Waals surface area contributed by atoms with Crippen LogP contribution >= 0.6 is 0 Å². The van der Waals surface area contributed by atoms with Gasteiger partial charge in [0.1, 0.15) is 23.7 Å². The Morgan fingerprint density at radius 2 is 1.72 bits per heavy atom. The van der Waals surface area contributed by atoms with E-state index in [0.29, 0.717) is 35.7 Å². The molecule has 148 valence electrons. The van der Waals surface area contributed by atoms with Gasteiger partial charge in [0.15, 0.2) is 0 Å². The third-order valence-electron chi connectivity index (χ3n) is 4.00. The number of rotatable bonds is 7. The minimum absolute atomic E-state index is 0.179. The third-order valence-corrected chi connectivity index (χ3v) is 4.00. The number of hydrogen-bond donors (Lipinski definition) is 3. The molecule has 0 unspecified atom stereocenters. The van der Waals surface area contributed by atoms with Crippen LogP contribution in [0.25, 0.3) is 0 Å². The largest absolute Gasteiger partial charge is 0.370 e. The van der Waals surface area contributed by atoms with Crippen molar-refractivity contribution in [3.63, 3.8) is 0 Å². The van der Waals surface area contributed by atoms with Gasteiger partial charge in [0.05, 0.1) is 0 Å². The Hall–Kier alpha value is -3.81. The average Bonchev–Trinajstić information content (AvgIpc) is 2.69. The molecule has 0 aliphatic heterocycles. The molecule has 0 saturated carbocycles. The number of benzene rings is 2. The SMILES string of the molecule is CC(=O)Nc1cccc(NC(=O)c2cc(NCCc3ccccc3F)ncn2)c1. The standard InChI is InChI=1S/C21H20FN5O2/c1-14(28)26-16-6-4-7-17(11-16)27-21(29)19-12-20(25-13-24-19)23-10-9-15-5-2-3-8-18(15)22/h2-8,11-13H,9-10H2,1H3,(H,26,28)(H,27,29)(H,23,24,25). The first-order valence-electron chi connectivity index (χ1n) is 8.99. The van der Waals surface area contributed by atoms with Crippen molar-refractivity contribution >= 4 is 29.0 Å². The summed E-state index contributed by atoms with van der Waals surface area (Å²) in [5.74, 6) is -0.396. The van der Waals surface area contributed by atoms with E-state index in [4.69, 9.17) is 0 Å². The number of carbonyl (C=O) groups excluding carboxylic acids is 2. The van der Waals surface area contributed by atoms with Gasteiger partial charge in [-0.1, -0.05) is 24.3 Å². The maximum Gasteiger partial charge on any atom is 0.274 e. The van der Waals surface area contributed by atoms with E-state index in [2.05, 4.69) is 25.9 Å². The summed E-state index contributed by atoms with van der Waals surface area (Å²) in [6.45, 7) is 1.87. The minimum Gasteiger partial charge on any atom is -0.370 e. The summed E-state index contributed by atoms with van der Waals surface area (Å²) in [7, 11) is 0. The molecule has 2 amide bonds. The molecule has 0 fully saturated rings. The van der Waals surface area contributed by atoms with Crippen molar-refractivity contribution in [3.05, 3.63) is 78.0 Å². The maximum absolute atomic E-state index is 13.7. The van der Waals surface area contributed by atoms with E-state index >= 15 is 0 Å². The molecule has 3 aromatic rings. The highest BCUT2D eigenvalue weighted by molar-refractivity contribution is 6.03. The van der Waals surface area contributed by atoms with Crippen molar-refractivity contribution in [3.8, 4) is 0 Å². The van der Waals surface area contributed by atoms with Gasteiger partial charge in [-0.05, 0) is 36.2 Å². The molecular weight excluding hydrogens is 373 g/mol. The lowest BCUT2D eigenvalue weighted by atomic mass is 10.1. The molecule has 0 bridgehead atoms. The Kier molecular flexibility index (Phi) is 6.47. The highest BCUT2D eigenvalue weighted by atomic mass is 19.1. The van der Waals surface area contributed by atoms with Gasteiger partial charge in [-0.25, -0.2) is 14.4 Å². The molecule has 0 atom stereocenters. The molecule has 2 aromatic carbocycles. The van der Waals surface area contributed by atoms with Gasteiger partial charge in [-0.2, -0.15) is 0 Å². The van der Waals surface area contributed by atoms with Crippen LogP contribution in [0.2, 0.25) is 0 Å². The quantitative estimate of drug-likeness (QED) is 0.571. The van der Waals surface area contributed by atoms with Crippen LogP contribution in [0.4, 0.5) is 21.6 Å². The van der Waals surface area contributed by atoms with Crippen LogP contribution in [0.5, 0.6) is 0 Å². The summed E-state index contributed by atoms with van der Waals surface area (Å²) in [5.41, 5.74) is 1.88. The van der Waals surface area contributed by atoms with Crippen molar-refractivity contribution in [2.45, 2.75) is 13.3 Å². The zero-order valence-electron chi connectivity index (χ0n) is 15.8. The molecule has 3 rings (SSSR count). The third kappa shape index (κ3) is 5.83. The van der Waals surface area contributed by atoms with Crippen molar-refractivity contribution in [2.24, 2.45) is 0 Å². The van der Waals surface area contributed by atoms with Gasteiger partial charge < -0.3 is 16.0 Å². The number of hydrogen-bond acceptors (Lipinski definition) is 5. The van der Waals surface area contributed by atoms with Gasteiger partial charge >= 0.3 is 0 Å². The molecule has 0 aliphatic carbocycles. The van der Waals surface area contributed by atoms with Crippen LogP contribution in [0.15, 0.2) is 60.9 Å². The Bertz CT molecular complexity index is 1030. The van der Waals surface area contributed by atoms with Gasteiger partial charge in [0.2, 0.25) is 5.91 Å². The number of anilines is 3. The normalized spacial score (nSPS) is 10.3. The summed E-state index contributed by atoms with van der Waals surface area (Å²) < 4.78 is 13.7. The fourth-order valence-electron chi connectivity index (χ4n) is 2.68. The zero-order chi connectivity index (χ0) is 20.6. The zero-order valence-corrected chi connectivity index (χ0v) is 15.8. The van der Waals surface area contributed by atoms with E-state index in [1.807, 2.05) is 0 Å². The average molecular weight is 393 g/mol. The summed E-state index contributed by atoms with van der Waals surface area (Å²) >= 11 is 0. The topological polar surface area (TPSA) is 96.0 Å². The number of halogens is 1. The molecule has 8 heteroatoms. The van der Waals surface area contributed by atoms with Crippen molar-refractivity contribution < 1.29 is 14.0 Å². The minimum atomic E-state index is -0.412. The monoisotopic (exact) mass is 393 g/mol. The predicted octanol–water partition coefficient (Wildman–Crippen LogP) is 3.48. The van der Waals surface area contributed by atoms with E-state index < -0.39 is 5.91 Å². The summed E-state index contributed by atoms with van der Waals surface area (Å²) in [4.78, 5) is 31.7. The fraction of sp³-hybridized carbons (Fsp3) is 0.143. The summed E-state index contributed by atoms with van der Waals surface area (Å²) in [5, 5.41) is 8.45. The predicted molar refractivity (Wildman–Crippen MR) is 109 cm³/mol. The molecular formula is C21H20FN5O2. The second-order valence-electron chi connectivity index (χ2n) is 6.27. The van der Waals surface area contributed by atoms with E-state index in [0.717, 1.165) is 0 Å². The van der Waals surface area contributed by atoms with E-state index in [9.17, 15) is 14.0 Å². The maximum atomic E-state index is 13.7. The second-order valence-corrected chi connectivity index (χ2v) is 6.27. The van der Waals surface area contributed by atoms with E-state index in [-0.39, 0.29) is 17.4 Å². The van der Waals surface area contributed by atoms with Crippen LogP contribution in [-0.4, -0.2) is 28.3 Å². The van der Waals surface area contributed by atoms with Crippen LogP contribution < -0.4 is 16.0 Å². The highest BCUT2D eigenvalue weighted by Gasteiger charge is 2.10. The summed E-state index contributed by atoms with van der Waals surface area (Å²) in [6.07, 6.45) is 1.77. The fourth-order valence-corrected chi connectivity index (χ4v) is 2.68. The van der Waals surface area contributed by atoms with Gasteiger partial charge in [0, 0.05) is 30.9 Å². The molecule has 0 radical (unpaired) electrons. The van der Waals surface area contributed by atoms with Gasteiger partial charge in [-0.15, -0.1) is 0 Å². The number of nitrogens with zero attached hydrogens (tertiary/aromatic N) is 2. The molecule has 7 nitrogen and oxygen atoms in total. The first kappa shape index (κ1) is 19.9. The van der Waals surface area contributed by atoms with Crippen molar-refractivity contribution in [1.29, 1.82) is 0 Å². The second kappa shape index (κ2) is 9.41. The molecule has 1 aromatic heterocycles. The number of amides is 2. The van der Waals surface area contributed by atoms with Crippen LogP contribution in [0.3, 0.4) is 0 Å². The van der Waals surface area contributed by atoms with Crippen LogP contribution in [0, 0.1) is 5.82 Å². The van der Waals surface area contributed by atoms with E-state index in [1.54, 1.807) is 42.5 Å². The molecule has 0 spiro atoms. The Balaban J connectivity index is 1.60. The Labute approximate surface area is 167 Å². The molecule has 3 N–H and O–H groups in total. The van der Waals surface area contributed by atoms with Crippen LogP contribution in [0.1, 0.15) is 23.0 Å². The number of nitrogens with one attached hydrogen (secondary N) is 3. The lowest BCUT2D eigenvalue weighted by Gasteiger charge is -2.09. The molecule has 0 saturated heterocycles. The smallest absolute Gasteiger partial charge is 0.274 e. The lowest BCUT2D eigenvalue weighted by Crippen LogP contribution is -2.15. The lowest BCUT2D eigenvalue weighted by molar-refractivity contribution is -0.114.